The minimum atomic E-state index is -0.573. The molecule has 33 heavy (non-hydrogen) atoms. The van der Waals surface area contributed by atoms with Gasteiger partial charge in [-0.25, -0.2) is 14.4 Å². The minimum Gasteiger partial charge on any atom is -0.453 e. The van der Waals surface area contributed by atoms with E-state index in [9.17, 15) is 9.50 Å². The second-order valence-electron chi connectivity index (χ2n) is 8.40. The molecule has 0 amide bonds. The van der Waals surface area contributed by atoms with E-state index >= 15 is 0 Å². The van der Waals surface area contributed by atoms with Crippen molar-refractivity contribution in [3.8, 4) is 22.8 Å². The van der Waals surface area contributed by atoms with Gasteiger partial charge in [-0.3, -0.25) is 4.98 Å². The van der Waals surface area contributed by atoms with Gasteiger partial charge in [-0.15, -0.1) is 4.68 Å². The number of aliphatic hydroxyl groups is 1. The Morgan fingerprint density at radius 1 is 1.15 bits per heavy atom. The molecular weight excluding hydrogens is 447 g/mol. The van der Waals surface area contributed by atoms with Gasteiger partial charge in [0.05, 0.1) is 34.7 Å². The molecule has 0 fully saturated rings. The molecule has 0 atom stereocenters. The molecule has 10 heteroatoms. The van der Waals surface area contributed by atoms with Gasteiger partial charge in [0.15, 0.2) is 11.6 Å². The molecule has 0 aliphatic heterocycles. The molecule has 0 spiro atoms. The van der Waals surface area contributed by atoms with Crippen molar-refractivity contribution in [2.24, 2.45) is 0 Å². The molecule has 3 heterocycles. The number of hydrogen-bond acceptors (Lipinski definition) is 5. The van der Waals surface area contributed by atoms with Gasteiger partial charge in [-0.1, -0.05) is 11.6 Å². The zero-order valence-corrected chi connectivity index (χ0v) is 18.9. The molecule has 0 unspecified atom stereocenters. The molecule has 5 rings (SSSR count). The van der Waals surface area contributed by atoms with Crippen molar-refractivity contribution >= 4 is 33.7 Å². The third kappa shape index (κ3) is 3.69. The fraction of sp³-hybridized carbons (Fsp3) is 0.217. The molecule has 3 N–H and O–H groups in total. The molecule has 0 aliphatic carbocycles. The zero-order chi connectivity index (χ0) is 23.3. The van der Waals surface area contributed by atoms with Gasteiger partial charge in [0.25, 0.3) is 0 Å². The molecule has 3 aromatic heterocycles. The lowest BCUT2D eigenvalue weighted by Crippen LogP contribution is -2.55. The first-order valence-electron chi connectivity index (χ1n) is 10.3. The number of ether oxygens (including phenoxy) is 1. The number of aromatic amines is 2. The summed E-state index contributed by atoms with van der Waals surface area (Å²) in [6.45, 7) is 5.53. The van der Waals surface area contributed by atoms with Crippen molar-refractivity contribution in [2.75, 3.05) is 6.61 Å². The van der Waals surface area contributed by atoms with Gasteiger partial charge < -0.3 is 14.8 Å². The molecule has 0 aliphatic rings. The highest BCUT2D eigenvalue weighted by Crippen LogP contribution is 2.36. The van der Waals surface area contributed by atoms with Gasteiger partial charge >= 0.3 is 0 Å². The van der Waals surface area contributed by atoms with Crippen molar-refractivity contribution < 1.29 is 18.9 Å². The first-order chi connectivity index (χ1) is 15.8. The summed E-state index contributed by atoms with van der Waals surface area (Å²) < 4.78 is 22.5. The fourth-order valence-corrected chi connectivity index (χ4v) is 3.75. The highest BCUT2D eigenvalue weighted by atomic mass is 35.5. The van der Waals surface area contributed by atoms with Crippen LogP contribution >= 0.6 is 11.6 Å². The molecule has 8 nitrogen and oxygen atoms in total. The summed E-state index contributed by atoms with van der Waals surface area (Å²) >= 11 is 6.61. The molecular formula is C23H21ClFN6O2+. The Kier molecular flexibility index (Phi) is 5.02. The Morgan fingerprint density at radius 3 is 2.73 bits per heavy atom. The van der Waals surface area contributed by atoms with Crippen molar-refractivity contribution in [2.45, 2.75) is 26.3 Å². The smallest absolute Gasteiger partial charge is 0.208 e. The van der Waals surface area contributed by atoms with Crippen molar-refractivity contribution in [1.29, 1.82) is 0 Å². The van der Waals surface area contributed by atoms with Crippen LogP contribution in [0.2, 0.25) is 5.02 Å². The molecule has 0 saturated carbocycles. The number of aromatic nitrogens is 6. The Bertz CT molecular complexity index is 1510. The van der Waals surface area contributed by atoms with Crippen LogP contribution in [0.3, 0.4) is 0 Å². The molecule has 0 radical (unpaired) electrons. The summed E-state index contributed by atoms with van der Waals surface area (Å²) in [5.74, 6) is 0.307. The van der Waals surface area contributed by atoms with Crippen LogP contribution in [0.1, 0.15) is 19.7 Å². The number of aliphatic hydroxyl groups excluding tert-OH is 1. The normalized spacial score (nSPS) is 12.1. The second kappa shape index (κ2) is 7.79. The lowest BCUT2D eigenvalue weighted by molar-refractivity contribution is -0.807. The van der Waals surface area contributed by atoms with Crippen LogP contribution in [0.15, 0.2) is 42.9 Å². The van der Waals surface area contributed by atoms with Gasteiger partial charge in [-0.2, -0.15) is 5.10 Å². The van der Waals surface area contributed by atoms with E-state index in [2.05, 4.69) is 25.0 Å². The maximum Gasteiger partial charge on any atom is 0.208 e. The van der Waals surface area contributed by atoms with Crippen molar-refractivity contribution in [1.82, 2.24) is 25.0 Å². The van der Waals surface area contributed by atoms with Gasteiger partial charge in [0.1, 0.15) is 34.2 Å². The highest BCUT2D eigenvalue weighted by Gasteiger charge is 2.30. The van der Waals surface area contributed by atoms with E-state index in [-0.39, 0.29) is 28.6 Å². The van der Waals surface area contributed by atoms with Crippen LogP contribution in [0, 0.1) is 12.7 Å². The van der Waals surface area contributed by atoms with Crippen LogP contribution in [0.4, 0.5) is 4.39 Å². The topological polar surface area (TPSA) is 104 Å². The maximum atomic E-state index is 14.9. The quantitative estimate of drug-likeness (QED) is 0.332. The Morgan fingerprint density at radius 2 is 1.94 bits per heavy atom. The van der Waals surface area contributed by atoms with Crippen LogP contribution in [-0.2, 0) is 5.54 Å². The Balaban J connectivity index is 1.53. The third-order valence-corrected chi connectivity index (χ3v) is 5.84. The van der Waals surface area contributed by atoms with Gasteiger partial charge in [0.2, 0.25) is 11.7 Å². The van der Waals surface area contributed by atoms with Gasteiger partial charge in [0, 0.05) is 13.8 Å². The highest BCUT2D eigenvalue weighted by molar-refractivity contribution is 6.36. The summed E-state index contributed by atoms with van der Waals surface area (Å²) in [7, 11) is 0. The monoisotopic (exact) mass is 467 g/mol. The number of nitrogens with zero attached hydrogens (tertiary/aromatic N) is 4. The Hall–Kier alpha value is -3.56. The minimum absolute atomic E-state index is 0.0114. The van der Waals surface area contributed by atoms with Crippen LogP contribution in [0.25, 0.3) is 33.3 Å². The molecule has 5 aromatic rings. The number of imidazole rings is 1. The predicted octanol–water partition coefficient (Wildman–Crippen LogP) is 4.41. The number of H-pyrrole nitrogens is 2. The number of nitrogens with one attached hydrogen (secondary N) is 2. The van der Waals surface area contributed by atoms with E-state index in [1.807, 2.05) is 20.0 Å². The maximum absolute atomic E-state index is 14.9. The number of fused-ring (bicyclic) bond motifs is 2. The summed E-state index contributed by atoms with van der Waals surface area (Å²) in [4.78, 5) is 16.3. The van der Waals surface area contributed by atoms with E-state index in [1.165, 1.54) is 6.07 Å². The average molecular weight is 468 g/mol. The van der Waals surface area contributed by atoms with E-state index in [4.69, 9.17) is 16.3 Å². The van der Waals surface area contributed by atoms with E-state index in [0.717, 1.165) is 5.56 Å². The van der Waals surface area contributed by atoms with E-state index in [0.29, 0.717) is 28.1 Å². The Labute approximate surface area is 193 Å². The summed E-state index contributed by atoms with van der Waals surface area (Å²) in [6, 6.07) is 6.58. The first-order valence-corrected chi connectivity index (χ1v) is 10.6. The number of benzene rings is 2. The standard InChI is InChI=1S/C23H20ClFN6O2/c1-12-28-15-5-7-18(20(25)22(15)29-12)33-17-6-4-14-21(19(17)24)30-16(9-26-14)13-8-27-31(10-13)23(2,3)11-32/h4-10,32H,11H2,1-3H3,(H,28,29)/p+1. The van der Waals surface area contributed by atoms with Crippen LogP contribution < -0.4 is 9.42 Å². The van der Waals surface area contributed by atoms with Crippen molar-refractivity contribution in [3.05, 3.63) is 59.5 Å². The van der Waals surface area contributed by atoms with Crippen molar-refractivity contribution in [3.63, 3.8) is 0 Å². The van der Waals surface area contributed by atoms with E-state index in [1.54, 1.807) is 42.2 Å². The summed E-state index contributed by atoms with van der Waals surface area (Å²) in [6.07, 6.45) is 5.26. The summed E-state index contributed by atoms with van der Waals surface area (Å²) in [5, 5.41) is 12.9. The first kappa shape index (κ1) is 21.3. The zero-order valence-electron chi connectivity index (χ0n) is 18.1. The SMILES string of the molecule is Cc1nc2c(F)c(Oc3ccc4ncc(-c5c[nH][n+](C(C)(C)CO)c5)nc4c3Cl)ccc2[nH]1. The molecule has 0 saturated heterocycles. The molecule has 2 aromatic carbocycles. The molecule has 168 valence electrons. The number of halogens is 2. The average Bonchev–Trinajstić information content (AvgIpc) is 3.45. The lowest BCUT2D eigenvalue weighted by atomic mass is 10.1. The lowest BCUT2D eigenvalue weighted by Gasteiger charge is -2.12. The fourth-order valence-electron chi connectivity index (χ4n) is 3.51. The molecule has 0 bridgehead atoms. The second-order valence-corrected chi connectivity index (χ2v) is 8.78. The number of rotatable bonds is 5. The van der Waals surface area contributed by atoms with Gasteiger partial charge in [-0.05, 0) is 31.2 Å². The van der Waals surface area contributed by atoms with E-state index < -0.39 is 11.4 Å². The largest absolute Gasteiger partial charge is 0.453 e. The number of hydrogen-bond donors (Lipinski definition) is 3. The van der Waals surface area contributed by atoms with Crippen LogP contribution in [0.5, 0.6) is 11.5 Å². The third-order valence-electron chi connectivity index (χ3n) is 5.48. The van der Waals surface area contributed by atoms with Crippen LogP contribution in [-0.4, -0.2) is 36.7 Å². The number of aryl methyl sites for hydroxylation is 1. The summed E-state index contributed by atoms with van der Waals surface area (Å²) in [5.41, 5.74) is 2.66. The predicted molar refractivity (Wildman–Crippen MR) is 122 cm³/mol.